The van der Waals surface area contributed by atoms with Crippen LogP contribution in [0.15, 0.2) is 60.7 Å². The van der Waals surface area contributed by atoms with Crippen LogP contribution < -0.4 is 5.32 Å². The molecule has 0 unspecified atom stereocenters. The van der Waals surface area contributed by atoms with Gasteiger partial charge in [0.1, 0.15) is 5.82 Å². The van der Waals surface area contributed by atoms with Gasteiger partial charge in [0, 0.05) is 24.2 Å². The van der Waals surface area contributed by atoms with Gasteiger partial charge in [-0.1, -0.05) is 60.2 Å². The highest BCUT2D eigenvalue weighted by Gasteiger charge is 2.07. The van der Waals surface area contributed by atoms with Crippen LogP contribution in [0.4, 0.5) is 5.82 Å². The van der Waals surface area contributed by atoms with Crippen LogP contribution in [0.3, 0.4) is 0 Å². The van der Waals surface area contributed by atoms with Gasteiger partial charge in [0.05, 0.1) is 5.69 Å². The third kappa shape index (κ3) is 2.92. The molecule has 0 aliphatic heterocycles. The number of hydrogen-bond acceptors (Lipinski definition) is 3. The van der Waals surface area contributed by atoms with E-state index in [4.69, 9.17) is 4.98 Å². The molecule has 0 aliphatic carbocycles. The monoisotopic (exact) mass is 275 g/mol. The summed E-state index contributed by atoms with van der Waals surface area (Å²) in [5.74, 6) is 1.56. The van der Waals surface area contributed by atoms with E-state index in [0.29, 0.717) is 0 Å². The molecular formula is C18H17N3. The van der Waals surface area contributed by atoms with E-state index in [9.17, 15) is 0 Å². The van der Waals surface area contributed by atoms with Gasteiger partial charge in [0.2, 0.25) is 0 Å². The number of aromatic nitrogens is 2. The molecule has 0 bridgehead atoms. The molecule has 2 aromatic carbocycles. The molecule has 3 nitrogen and oxygen atoms in total. The Morgan fingerprint density at radius 1 is 0.810 bits per heavy atom. The van der Waals surface area contributed by atoms with Gasteiger partial charge in [-0.2, -0.15) is 0 Å². The molecule has 3 rings (SSSR count). The Labute approximate surface area is 124 Å². The highest BCUT2D eigenvalue weighted by Crippen LogP contribution is 2.24. The van der Waals surface area contributed by atoms with Crippen molar-refractivity contribution in [1.82, 2.24) is 9.97 Å². The maximum atomic E-state index is 4.70. The minimum Gasteiger partial charge on any atom is -0.373 e. The fourth-order valence-electron chi connectivity index (χ4n) is 2.16. The molecule has 0 amide bonds. The lowest BCUT2D eigenvalue weighted by Gasteiger charge is -2.08. The Morgan fingerprint density at radius 2 is 1.52 bits per heavy atom. The van der Waals surface area contributed by atoms with Crippen LogP contribution >= 0.6 is 0 Å². The zero-order chi connectivity index (χ0) is 14.7. The maximum absolute atomic E-state index is 4.70. The summed E-state index contributed by atoms with van der Waals surface area (Å²) >= 11 is 0. The average Bonchev–Trinajstić information content (AvgIpc) is 2.56. The fourth-order valence-corrected chi connectivity index (χ4v) is 2.16. The molecule has 0 radical (unpaired) electrons. The minimum absolute atomic E-state index is 0.737. The van der Waals surface area contributed by atoms with Crippen molar-refractivity contribution in [3.05, 3.63) is 66.2 Å². The number of aryl methyl sites for hydroxylation is 1. The fraction of sp³-hybridized carbons (Fsp3) is 0.111. The molecule has 1 N–H and O–H groups in total. The Kier molecular flexibility index (Phi) is 3.65. The number of nitrogens with one attached hydrogen (secondary N) is 1. The normalized spacial score (nSPS) is 10.4. The Morgan fingerprint density at radius 3 is 2.19 bits per heavy atom. The highest BCUT2D eigenvalue weighted by atomic mass is 15.0. The Balaban J connectivity index is 2.11. The largest absolute Gasteiger partial charge is 0.373 e. The van der Waals surface area contributed by atoms with E-state index in [2.05, 4.69) is 53.6 Å². The van der Waals surface area contributed by atoms with Crippen LogP contribution in [-0.2, 0) is 0 Å². The highest BCUT2D eigenvalue weighted by molar-refractivity contribution is 5.67. The second-order valence-corrected chi connectivity index (χ2v) is 4.94. The zero-order valence-electron chi connectivity index (χ0n) is 12.2. The van der Waals surface area contributed by atoms with Gasteiger partial charge in [0.25, 0.3) is 0 Å². The van der Waals surface area contributed by atoms with Crippen LogP contribution in [0.5, 0.6) is 0 Å². The van der Waals surface area contributed by atoms with Crippen molar-refractivity contribution in [2.75, 3.05) is 12.4 Å². The lowest BCUT2D eigenvalue weighted by Crippen LogP contribution is -1.98. The summed E-state index contributed by atoms with van der Waals surface area (Å²) < 4.78 is 0. The third-order valence-corrected chi connectivity index (χ3v) is 3.36. The molecule has 0 spiro atoms. The van der Waals surface area contributed by atoms with Gasteiger partial charge in [-0.3, -0.25) is 0 Å². The Bertz CT molecular complexity index is 734. The first-order valence-corrected chi connectivity index (χ1v) is 6.95. The van der Waals surface area contributed by atoms with Crippen molar-refractivity contribution < 1.29 is 0 Å². The van der Waals surface area contributed by atoms with Crippen molar-refractivity contribution in [3.63, 3.8) is 0 Å². The number of nitrogens with zero attached hydrogens (tertiary/aromatic N) is 2. The second kappa shape index (κ2) is 5.75. The molecular weight excluding hydrogens is 258 g/mol. The molecule has 3 aromatic rings. The number of rotatable bonds is 3. The summed E-state index contributed by atoms with van der Waals surface area (Å²) in [7, 11) is 1.87. The molecule has 1 aromatic heterocycles. The Hall–Kier alpha value is -2.68. The van der Waals surface area contributed by atoms with Gasteiger partial charge < -0.3 is 5.32 Å². The van der Waals surface area contributed by atoms with E-state index in [1.165, 1.54) is 5.56 Å². The molecule has 3 heteroatoms. The first kappa shape index (κ1) is 13.3. The first-order chi connectivity index (χ1) is 10.3. The van der Waals surface area contributed by atoms with Crippen LogP contribution in [0.25, 0.3) is 22.6 Å². The molecule has 21 heavy (non-hydrogen) atoms. The first-order valence-electron chi connectivity index (χ1n) is 6.95. The topological polar surface area (TPSA) is 37.8 Å². The van der Waals surface area contributed by atoms with Crippen LogP contribution in [-0.4, -0.2) is 17.0 Å². The average molecular weight is 275 g/mol. The van der Waals surface area contributed by atoms with Crippen LogP contribution in [0.2, 0.25) is 0 Å². The summed E-state index contributed by atoms with van der Waals surface area (Å²) in [6.45, 7) is 2.07. The summed E-state index contributed by atoms with van der Waals surface area (Å²) in [4.78, 5) is 9.26. The number of anilines is 1. The number of benzene rings is 2. The van der Waals surface area contributed by atoms with Gasteiger partial charge in [-0.15, -0.1) is 0 Å². The van der Waals surface area contributed by atoms with Crippen LogP contribution in [0, 0.1) is 6.92 Å². The SMILES string of the molecule is CNc1cc(-c2ccccc2)nc(-c2ccc(C)cc2)n1. The van der Waals surface area contributed by atoms with E-state index >= 15 is 0 Å². The molecule has 0 saturated heterocycles. The third-order valence-electron chi connectivity index (χ3n) is 3.36. The van der Waals surface area contributed by atoms with Crippen molar-refractivity contribution in [3.8, 4) is 22.6 Å². The molecule has 0 fully saturated rings. The lowest BCUT2D eigenvalue weighted by molar-refractivity contribution is 1.17. The van der Waals surface area contributed by atoms with Crippen molar-refractivity contribution >= 4 is 5.82 Å². The van der Waals surface area contributed by atoms with E-state index < -0.39 is 0 Å². The van der Waals surface area contributed by atoms with E-state index in [1.807, 2.05) is 31.3 Å². The molecule has 0 saturated carbocycles. The van der Waals surface area contributed by atoms with Gasteiger partial charge in [-0.25, -0.2) is 9.97 Å². The molecule has 1 heterocycles. The zero-order valence-corrected chi connectivity index (χ0v) is 12.2. The van der Waals surface area contributed by atoms with E-state index in [-0.39, 0.29) is 0 Å². The predicted octanol–water partition coefficient (Wildman–Crippen LogP) is 4.16. The second-order valence-electron chi connectivity index (χ2n) is 4.94. The standard InChI is InChI=1S/C18H17N3/c1-13-8-10-15(11-9-13)18-20-16(12-17(19-2)21-18)14-6-4-3-5-7-14/h3-12H,1-2H3,(H,19,20,21). The summed E-state index contributed by atoms with van der Waals surface area (Å²) in [5.41, 5.74) is 4.26. The van der Waals surface area contributed by atoms with Crippen molar-refractivity contribution in [2.24, 2.45) is 0 Å². The van der Waals surface area contributed by atoms with E-state index in [1.54, 1.807) is 0 Å². The molecule has 0 atom stereocenters. The summed E-state index contributed by atoms with van der Waals surface area (Å²) in [6, 6.07) is 20.4. The van der Waals surface area contributed by atoms with Crippen molar-refractivity contribution in [1.29, 1.82) is 0 Å². The van der Waals surface area contributed by atoms with Gasteiger partial charge in [0.15, 0.2) is 5.82 Å². The summed E-state index contributed by atoms with van der Waals surface area (Å²) in [6.07, 6.45) is 0. The smallest absolute Gasteiger partial charge is 0.162 e. The van der Waals surface area contributed by atoms with Crippen LogP contribution in [0.1, 0.15) is 5.56 Å². The minimum atomic E-state index is 0.737. The molecule has 104 valence electrons. The maximum Gasteiger partial charge on any atom is 0.162 e. The summed E-state index contributed by atoms with van der Waals surface area (Å²) in [5, 5.41) is 3.11. The molecule has 0 aliphatic rings. The lowest BCUT2D eigenvalue weighted by atomic mass is 10.1. The van der Waals surface area contributed by atoms with Crippen molar-refractivity contribution in [2.45, 2.75) is 6.92 Å². The van der Waals surface area contributed by atoms with Gasteiger partial charge in [-0.05, 0) is 6.92 Å². The number of hydrogen-bond donors (Lipinski definition) is 1. The predicted molar refractivity (Wildman–Crippen MR) is 87.2 cm³/mol. The quantitative estimate of drug-likeness (QED) is 0.780. The van der Waals surface area contributed by atoms with Gasteiger partial charge >= 0.3 is 0 Å². The van der Waals surface area contributed by atoms with E-state index in [0.717, 1.165) is 28.5 Å².